The molecule has 0 amide bonds. The zero-order chi connectivity index (χ0) is 5.11. The molecule has 0 N–H and O–H groups in total. The van der Waals surface area contributed by atoms with Crippen molar-refractivity contribution in [1.82, 2.24) is 9.19 Å². The average Bonchev–Trinajstić information content (AvgIpc) is 2.14. The molecule has 0 aromatic carbocycles. The van der Waals surface area contributed by atoms with Crippen LogP contribution in [-0.4, -0.2) is 9.19 Å². The lowest BCUT2D eigenvalue weighted by Crippen LogP contribution is -1.79. The predicted molar refractivity (Wildman–Crippen MR) is 30.6 cm³/mol. The van der Waals surface area contributed by atoms with Crippen LogP contribution in [-0.2, 0) is 0 Å². The molecule has 0 atom stereocenters. The van der Waals surface area contributed by atoms with Crippen LogP contribution in [0.25, 0.3) is 0 Å². The molecular weight excluding hydrogens is 108 g/mol. The molecule has 0 saturated heterocycles. The summed E-state index contributed by atoms with van der Waals surface area (Å²) in [5.41, 5.74) is 0. The van der Waals surface area contributed by atoms with E-state index in [4.69, 9.17) is 0 Å². The lowest BCUT2D eigenvalue weighted by Gasteiger charge is -1.85. The van der Waals surface area contributed by atoms with E-state index >= 15 is 0 Å². The van der Waals surface area contributed by atoms with Crippen LogP contribution in [0.4, 0.5) is 0 Å². The van der Waals surface area contributed by atoms with Gasteiger partial charge in [0, 0.05) is 18.6 Å². The summed E-state index contributed by atoms with van der Waals surface area (Å²) in [6.45, 7) is 0. The third kappa shape index (κ3) is 0.962. The fraction of sp³-hybridized carbons (Fsp3) is 0. The molecule has 1 aromatic heterocycles. The maximum atomic E-state index is 3.85. The monoisotopic (exact) mass is 113 g/mol. The number of hydrogen-bond donors (Lipinski definition) is 0. The highest BCUT2D eigenvalue weighted by atomic mass is 32.2. The summed E-state index contributed by atoms with van der Waals surface area (Å²) < 4.78 is 1.68. The fourth-order valence-electron chi connectivity index (χ4n) is 0.331. The van der Waals surface area contributed by atoms with E-state index < -0.39 is 0 Å². The summed E-state index contributed by atoms with van der Waals surface area (Å²) in [6.07, 6.45) is 7.11. The SMILES string of the molecule is [CH2]Sn1cccn1. The quantitative estimate of drug-likeness (QED) is 0.544. The largest absolute Gasteiger partial charge is 0.214 e. The molecule has 7 heavy (non-hydrogen) atoms. The summed E-state index contributed by atoms with van der Waals surface area (Å²) in [6, 6.07) is 1.86. The highest BCUT2D eigenvalue weighted by Gasteiger charge is 1.78. The molecule has 0 aliphatic rings. The van der Waals surface area contributed by atoms with Crippen LogP contribution in [0, 0.1) is 6.26 Å². The van der Waals surface area contributed by atoms with Crippen LogP contribution in [0.15, 0.2) is 18.5 Å². The van der Waals surface area contributed by atoms with Crippen molar-refractivity contribution in [2.75, 3.05) is 0 Å². The summed E-state index contributed by atoms with van der Waals surface area (Å²) in [5.74, 6) is 0. The highest BCUT2D eigenvalue weighted by molar-refractivity contribution is 7.98. The van der Waals surface area contributed by atoms with E-state index in [1.807, 2.05) is 12.3 Å². The molecule has 1 heterocycles. The van der Waals surface area contributed by atoms with Crippen LogP contribution in [0.1, 0.15) is 0 Å². The molecule has 0 unspecified atom stereocenters. The summed E-state index contributed by atoms with van der Waals surface area (Å²) in [4.78, 5) is 0. The lowest BCUT2D eigenvalue weighted by molar-refractivity contribution is 1.01. The molecule has 0 aliphatic carbocycles. The van der Waals surface area contributed by atoms with Crippen molar-refractivity contribution in [2.24, 2.45) is 0 Å². The van der Waals surface area contributed by atoms with E-state index in [2.05, 4.69) is 11.4 Å². The Kier molecular flexibility index (Phi) is 1.36. The van der Waals surface area contributed by atoms with E-state index in [0.717, 1.165) is 0 Å². The average molecular weight is 113 g/mol. The Balaban J connectivity index is 2.76. The topological polar surface area (TPSA) is 17.8 Å². The Morgan fingerprint density at radius 3 is 2.86 bits per heavy atom. The summed E-state index contributed by atoms with van der Waals surface area (Å²) >= 11 is 1.33. The van der Waals surface area contributed by atoms with Crippen LogP contribution >= 0.6 is 11.9 Å². The molecule has 0 spiro atoms. The minimum Gasteiger partial charge on any atom is -0.214 e. The molecule has 0 bridgehead atoms. The second-order valence-electron chi connectivity index (χ2n) is 1.04. The molecular formula is C4H5N2S. The first-order valence-corrected chi connectivity index (χ1v) is 2.80. The van der Waals surface area contributed by atoms with Gasteiger partial charge in [-0.2, -0.15) is 5.10 Å². The van der Waals surface area contributed by atoms with Crippen LogP contribution in [0.5, 0.6) is 0 Å². The van der Waals surface area contributed by atoms with Crippen LogP contribution < -0.4 is 0 Å². The number of nitrogens with zero attached hydrogens (tertiary/aromatic N) is 2. The molecule has 1 rings (SSSR count). The van der Waals surface area contributed by atoms with Gasteiger partial charge < -0.3 is 0 Å². The van der Waals surface area contributed by atoms with Gasteiger partial charge >= 0.3 is 0 Å². The van der Waals surface area contributed by atoms with Gasteiger partial charge in [-0.3, -0.25) is 0 Å². The minimum atomic E-state index is 1.33. The molecule has 0 fully saturated rings. The minimum absolute atomic E-state index is 1.33. The second kappa shape index (κ2) is 2.02. The third-order valence-electron chi connectivity index (χ3n) is 0.612. The van der Waals surface area contributed by atoms with Gasteiger partial charge in [-0.15, -0.1) is 0 Å². The first-order chi connectivity index (χ1) is 3.43. The van der Waals surface area contributed by atoms with E-state index in [9.17, 15) is 0 Å². The standard InChI is InChI=1S/C4H5N2S/c1-7-6-4-2-3-5-6/h2-4H,1H2. The van der Waals surface area contributed by atoms with Crippen LogP contribution in [0.2, 0.25) is 0 Å². The smallest absolute Gasteiger partial charge is 0.0500 e. The second-order valence-corrected chi connectivity index (χ2v) is 1.67. The van der Waals surface area contributed by atoms with Gasteiger partial charge in [-0.1, -0.05) is 0 Å². The van der Waals surface area contributed by atoms with Gasteiger partial charge in [-0.25, -0.2) is 4.09 Å². The molecule has 1 radical (unpaired) electrons. The van der Waals surface area contributed by atoms with E-state index in [1.54, 1.807) is 10.3 Å². The van der Waals surface area contributed by atoms with Gasteiger partial charge in [0.25, 0.3) is 0 Å². The molecule has 2 nitrogen and oxygen atoms in total. The Bertz CT molecular complexity index is 124. The Hall–Kier alpha value is -0.440. The van der Waals surface area contributed by atoms with Crippen molar-refractivity contribution in [3.8, 4) is 0 Å². The van der Waals surface area contributed by atoms with Crippen molar-refractivity contribution >= 4 is 11.9 Å². The van der Waals surface area contributed by atoms with Gasteiger partial charge in [0.2, 0.25) is 0 Å². The predicted octanol–water partition coefficient (Wildman–Crippen LogP) is 1.17. The summed E-state index contributed by atoms with van der Waals surface area (Å²) in [7, 11) is 0. The van der Waals surface area contributed by atoms with Crippen molar-refractivity contribution in [3.05, 3.63) is 24.7 Å². The first kappa shape index (κ1) is 4.71. The van der Waals surface area contributed by atoms with Crippen molar-refractivity contribution < 1.29 is 0 Å². The van der Waals surface area contributed by atoms with Crippen molar-refractivity contribution in [2.45, 2.75) is 0 Å². The first-order valence-electron chi connectivity index (χ1n) is 1.85. The van der Waals surface area contributed by atoms with E-state index in [1.165, 1.54) is 11.9 Å². The van der Waals surface area contributed by atoms with Crippen LogP contribution in [0.3, 0.4) is 0 Å². The number of aromatic nitrogens is 2. The number of hydrogen-bond acceptors (Lipinski definition) is 2. The molecule has 3 heteroatoms. The zero-order valence-corrected chi connectivity index (χ0v) is 4.56. The zero-order valence-electron chi connectivity index (χ0n) is 3.74. The van der Waals surface area contributed by atoms with Gasteiger partial charge in [0.1, 0.15) is 0 Å². The maximum Gasteiger partial charge on any atom is 0.0500 e. The van der Waals surface area contributed by atoms with E-state index in [0.29, 0.717) is 0 Å². The Labute approximate surface area is 46.7 Å². The number of rotatable bonds is 1. The molecule has 0 aliphatic heterocycles. The van der Waals surface area contributed by atoms with Gasteiger partial charge in [0.15, 0.2) is 0 Å². The summed E-state index contributed by atoms with van der Waals surface area (Å²) in [5, 5.41) is 3.85. The normalized spacial score (nSPS) is 9.29. The van der Waals surface area contributed by atoms with Crippen molar-refractivity contribution in [3.63, 3.8) is 0 Å². The molecule has 0 saturated carbocycles. The highest BCUT2D eigenvalue weighted by Crippen LogP contribution is 1.96. The Morgan fingerprint density at radius 2 is 2.57 bits per heavy atom. The third-order valence-corrected chi connectivity index (χ3v) is 1.09. The van der Waals surface area contributed by atoms with Gasteiger partial charge in [0.05, 0.1) is 0 Å². The fourth-order valence-corrected chi connectivity index (χ4v) is 0.609. The van der Waals surface area contributed by atoms with Gasteiger partial charge in [-0.05, 0) is 18.0 Å². The molecule has 1 aromatic rings. The Morgan fingerprint density at radius 1 is 1.71 bits per heavy atom. The van der Waals surface area contributed by atoms with Crippen molar-refractivity contribution in [1.29, 1.82) is 0 Å². The van der Waals surface area contributed by atoms with E-state index in [-0.39, 0.29) is 0 Å². The molecule has 37 valence electrons. The maximum absolute atomic E-state index is 3.85. The lowest BCUT2D eigenvalue weighted by atomic mass is 10.8.